The molecule has 1 fully saturated rings. The fraction of sp³-hybridized carbons (Fsp3) is 0.310. The molecule has 0 radical (unpaired) electrons. The molecule has 1 aliphatic heterocycles. The number of nitrogens with zero attached hydrogens (tertiary/aromatic N) is 3. The van der Waals surface area contributed by atoms with Gasteiger partial charge in [-0.25, -0.2) is 9.38 Å². The number of rotatable bonds is 3. The van der Waals surface area contributed by atoms with E-state index in [2.05, 4.69) is 68.2 Å². The van der Waals surface area contributed by atoms with Gasteiger partial charge in [0.1, 0.15) is 5.82 Å². The summed E-state index contributed by atoms with van der Waals surface area (Å²) in [7, 11) is 0. The molecule has 1 unspecified atom stereocenters. The number of piperidine rings is 1. The Balaban J connectivity index is 1.86. The van der Waals surface area contributed by atoms with Gasteiger partial charge >= 0.3 is 0 Å². The molecular weight excluding hydrogens is 423 g/mol. The van der Waals surface area contributed by atoms with Crippen LogP contribution in [-0.2, 0) is 0 Å². The number of anilines is 1. The molecule has 0 aromatic heterocycles. The number of amidine groups is 1. The highest BCUT2D eigenvalue weighted by molar-refractivity contribution is 6.11. The second-order valence-corrected chi connectivity index (χ2v) is 9.15. The van der Waals surface area contributed by atoms with Crippen LogP contribution < -0.4 is 5.32 Å². The number of hydrogen-bond acceptors (Lipinski definition) is 1. The monoisotopic (exact) mass is 456 g/mol. The number of benzene rings is 3. The van der Waals surface area contributed by atoms with E-state index in [-0.39, 0.29) is 5.82 Å². The summed E-state index contributed by atoms with van der Waals surface area (Å²) in [5.74, 6) is 1.14. The third-order valence-electron chi connectivity index (χ3n) is 6.33. The minimum Gasteiger partial charge on any atom is -0.340 e. The van der Waals surface area contributed by atoms with Crippen molar-refractivity contribution in [3.8, 4) is 0 Å². The minimum absolute atomic E-state index is 0.278. The normalized spacial score (nSPS) is 17.1. The van der Waals surface area contributed by atoms with Crippen molar-refractivity contribution in [2.45, 2.75) is 53.0 Å². The van der Waals surface area contributed by atoms with Gasteiger partial charge < -0.3 is 10.2 Å². The van der Waals surface area contributed by atoms with E-state index in [1.165, 1.54) is 24.1 Å². The van der Waals surface area contributed by atoms with Crippen LogP contribution in [0.5, 0.6) is 0 Å². The smallest absolute Gasteiger partial charge is 0.205 e. The molecule has 176 valence electrons. The molecule has 0 bridgehead atoms. The molecule has 4 nitrogen and oxygen atoms in total. The standard InChI is InChI=1S/C29H33FN4/c1-20-9-7-13-26(19-20)32-29(34-18-6-5-12-23(34)4)33-28(27-21(2)10-8-11-22(27)3)31-25-16-14-24(30)15-17-25/h7-11,13-17,19,23H,5-6,12,18H2,1-4H3,(H,31,32,33). The molecule has 1 saturated heterocycles. The first-order valence-electron chi connectivity index (χ1n) is 12.0. The zero-order valence-electron chi connectivity index (χ0n) is 20.5. The maximum Gasteiger partial charge on any atom is 0.205 e. The number of guanidine groups is 1. The van der Waals surface area contributed by atoms with Crippen LogP contribution in [0.3, 0.4) is 0 Å². The highest BCUT2D eigenvalue weighted by Gasteiger charge is 2.23. The van der Waals surface area contributed by atoms with Crippen LogP contribution in [-0.4, -0.2) is 29.3 Å². The lowest BCUT2D eigenvalue weighted by Crippen LogP contribution is -2.45. The van der Waals surface area contributed by atoms with E-state index in [0.717, 1.165) is 47.7 Å². The lowest BCUT2D eigenvalue weighted by Gasteiger charge is -2.36. The molecule has 0 amide bonds. The molecule has 0 spiro atoms. The summed E-state index contributed by atoms with van der Waals surface area (Å²) in [5, 5.41) is 3.59. The number of hydrogen-bond donors (Lipinski definition) is 1. The summed E-state index contributed by atoms with van der Waals surface area (Å²) >= 11 is 0. The maximum absolute atomic E-state index is 13.6. The van der Waals surface area contributed by atoms with Gasteiger partial charge in [-0.15, -0.1) is 0 Å². The van der Waals surface area contributed by atoms with E-state index in [4.69, 9.17) is 9.98 Å². The van der Waals surface area contributed by atoms with Crippen molar-refractivity contribution in [3.05, 3.63) is 94.8 Å². The van der Waals surface area contributed by atoms with Gasteiger partial charge in [0, 0.05) is 23.8 Å². The Kier molecular flexibility index (Phi) is 7.41. The molecule has 1 N–H and O–H groups in total. The molecule has 1 aliphatic rings. The number of nitrogens with one attached hydrogen (secondary N) is 1. The Hall–Kier alpha value is -3.47. The van der Waals surface area contributed by atoms with E-state index in [1.807, 2.05) is 12.1 Å². The summed E-state index contributed by atoms with van der Waals surface area (Å²) in [6, 6.07) is 21.1. The van der Waals surface area contributed by atoms with Gasteiger partial charge in [0.15, 0.2) is 5.84 Å². The number of halogens is 1. The van der Waals surface area contributed by atoms with Crippen molar-refractivity contribution in [3.63, 3.8) is 0 Å². The number of aliphatic imine (C=N–C) groups is 2. The maximum atomic E-state index is 13.6. The predicted octanol–water partition coefficient (Wildman–Crippen LogP) is 7.17. The highest BCUT2D eigenvalue weighted by Crippen LogP contribution is 2.23. The Morgan fingerprint density at radius 2 is 1.65 bits per heavy atom. The quantitative estimate of drug-likeness (QED) is 0.335. The molecule has 3 aromatic carbocycles. The molecule has 1 heterocycles. The first-order chi connectivity index (χ1) is 16.4. The second-order valence-electron chi connectivity index (χ2n) is 9.15. The van der Waals surface area contributed by atoms with E-state index in [0.29, 0.717) is 17.6 Å². The molecule has 5 heteroatoms. The average molecular weight is 457 g/mol. The molecule has 4 rings (SSSR count). The van der Waals surface area contributed by atoms with E-state index >= 15 is 0 Å². The summed E-state index contributed by atoms with van der Waals surface area (Å²) in [4.78, 5) is 12.4. The molecule has 1 atom stereocenters. The van der Waals surface area contributed by atoms with Crippen LogP contribution in [0, 0.1) is 26.6 Å². The third kappa shape index (κ3) is 5.71. The summed E-state index contributed by atoms with van der Waals surface area (Å²) in [6.45, 7) is 9.44. The molecule has 0 saturated carbocycles. The summed E-state index contributed by atoms with van der Waals surface area (Å²) in [6.07, 6.45) is 3.48. The Morgan fingerprint density at radius 1 is 0.941 bits per heavy atom. The van der Waals surface area contributed by atoms with E-state index in [9.17, 15) is 4.39 Å². The van der Waals surface area contributed by atoms with Crippen LogP contribution in [0.15, 0.2) is 76.7 Å². The first kappa shape index (κ1) is 23.7. The SMILES string of the molecule is Cc1cccc(NC(=NC(=Nc2ccc(F)cc2)c2c(C)cccc2C)N2CCCCC2C)c1. The van der Waals surface area contributed by atoms with Gasteiger partial charge in [0.05, 0.1) is 5.69 Å². The zero-order valence-corrected chi connectivity index (χ0v) is 20.5. The van der Waals surface area contributed by atoms with Crippen LogP contribution in [0.25, 0.3) is 0 Å². The predicted molar refractivity (Wildman–Crippen MR) is 141 cm³/mol. The molecule has 0 aliphatic carbocycles. The Bertz CT molecular complexity index is 1180. The van der Waals surface area contributed by atoms with Gasteiger partial charge in [-0.2, -0.15) is 4.99 Å². The second kappa shape index (κ2) is 10.6. The zero-order chi connectivity index (χ0) is 24.1. The van der Waals surface area contributed by atoms with Gasteiger partial charge in [-0.05, 0) is 100 Å². The van der Waals surface area contributed by atoms with Gasteiger partial charge in [0.2, 0.25) is 5.96 Å². The summed E-state index contributed by atoms with van der Waals surface area (Å²) in [5.41, 5.74) is 6.06. The van der Waals surface area contributed by atoms with Crippen molar-refractivity contribution < 1.29 is 4.39 Å². The third-order valence-corrected chi connectivity index (χ3v) is 6.33. The van der Waals surface area contributed by atoms with Gasteiger partial charge in [-0.1, -0.05) is 30.3 Å². The van der Waals surface area contributed by atoms with Crippen molar-refractivity contribution in [1.29, 1.82) is 0 Å². The molecular formula is C29H33FN4. The highest BCUT2D eigenvalue weighted by atomic mass is 19.1. The topological polar surface area (TPSA) is 40.0 Å². The van der Waals surface area contributed by atoms with Crippen molar-refractivity contribution in [2.75, 3.05) is 11.9 Å². The fourth-order valence-electron chi connectivity index (χ4n) is 4.47. The van der Waals surface area contributed by atoms with Crippen molar-refractivity contribution in [1.82, 2.24) is 4.90 Å². The fourth-order valence-corrected chi connectivity index (χ4v) is 4.47. The minimum atomic E-state index is -0.278. The first-order valence-corrected chi connectivity index (χ1v) is 12.0. The Labute approximate surface area is 202 Å². The van der Waals surface area contributed by atoms with Crippen LogP contribution in [0.1, 0.15) is 48.4 Å². The lowest BCUT2D eigenvalue weighted by atomic mass is 10.0. The average Bonchev–Trinajstić information content (AvgIpc) is 2.80. The molecule has 34 heavy (non-hydrogen) atoms. The van der Waals surface area contributed by atoms with Crippen LogP contribution in [0.2, 0.25) is 0 Å². The van der Waals surface area contributed by atoms with Crippen molar-refractivity contribution in [2.24, 2.45) is 9.98 Å². The van der Waals surface area contributed by atoms with Gasteiger partial charge in [0.25, 0.3) is 0 Å². The largest absolute Gasteiger partial charge is 0.340 e. The lowest BCUT2D eigenvalue weighted by molar-refractivity contribution is 0.258. The van der Waals surface area contributed by atoms with E-state index in [1.54, 1.807) is 12.1 Å². The van der Waals surface area contributed by atoms with Crippen LogP contribution in [0.4, 0.5) is 15.8 Å². The number of aryl methyl sites for hydroxylation is 3. The summed E-state index contributed by atoms with van der Waals surface area (Å²) < 4.78 is 13.6. The van der Waals surface area contributed by atoms with E-state index < -0.39 is 0 Å². The Morgan fingerprint density at radius 3 is 2.32 bits per heavy atom. The van der Waals surface area contributed by atoms with Crippen molar-refractivity contribution >= 4 is 23.2 Å². The molecule has 3 aromatic rings. The number of likely N-dealkylation sites (tertiary alicyclic amines) is 1. The van der Waals surface area contributed by atoms with Crippen LogP contribution >= 0.6 is 0 Å². The van der Waals surface area contributed by atoms with Gasteiger partial charge in [-0.3, -0.25) is 0 Å².